The van der Waals surface area contributed by atoms with E-state index in [1.165, 1.54) is 36.8 Å². The monoisotopic (exact) mass is 286 g/mol. The van der Waals surface area contributed by atoms with Crippen LogP contribution in [0.4, 0.5) is 0 Å². The topological polar surface area (TPSA) is 55.1 Å². The summed E-state index contributed by atoms with van der Waals surface area (Å²) in [6.45, 7) is 0.676. The summed E-state index contributed by atoms with van der Waals surface area (Å²) >= 11 is 0. The Morgan fingerprint density at radius 2 is 1.86 bits per heavy atom. The number of hydrogen-bond donors (Lipinski definition) is 2. The molecule has 1 amide bonds. The zero-order chi connectivity index (χ0) is 14.7. The van der Waals surface area contributed by atoms with E-state index in [4.69, 9.17) is 5.73 Å². The van der Waals surface area contributed by atoms with Gasteiger partial charge in [0.25, 0.3) is 5.91 Å². The first-order valence-electron chi connectivity index (χ1n) is 8.40. The van der Waals surface area contributed by atoms with E-state index in [1.54, 1.807) is 0 Å². The van der Waals surface area contributed by atoms with Crippen molar-refractivity contribution in [2.45, 2.75) is 57.4 Å². The van der Waals surface area contributed by atoms with Crippen LogP contribution in [0.25, 0.3) is 0 Å². The van der Waals surface area contributed by atoms with Crippen molar-refractivity contribution in [1.29, 1.82) is 0 Å². The van der Waals surface area contributed by atoms with E-state index in [9.17, 15) is 4.79 Å². The molecule has 1 fully saturated rings. The SMILES string of the molecule is NCC1CCCCC1NC(=O)c1ccc2c(c1)CCCC2. The summed E-state index contributed by atoms with van der Waals surface area (Å²) in [5.74, 6) is 0.522. The van der Waals surface area contributed by atoms with Crippen LogP contribution in [0.3, 0.4) is 0 Å². The van der Waals surface area contributed by atoms with E-state index < -0.39 is 0 Å². The van der Waals surface area contributed by atoms with Crippen molar-refractivity contribution in [2.75, 3.05) is 6.54 Å². The zero-order valence-corrected chi connectivity index (χ0v) is 12.7. The highest BCUT2D eigenvalue weighted by Gasteiger charge is 2.25. The van der Waals surface area contributed by atoms with E-state index in [0.29, 0.717) is 12.5 Å². The Bertz CT molecular complexity index is 512. The van der Waals surface area contributed by atoms with Gasteiger partial charge in [-0.2, -0.15) is 0 Å². The van der Waals surface area contributed by atoms with E-state index in [-0.39, 0.29) is 11.9 Å². The number of nitrogens with one attached hydrogen (secondary N) is 1. The van der Waals surface area contributed by atoms with Gasteiger partial charge in [0, 0.05) is 11.6 Å². The third kappa shape index (κ3) is 3.29. The maximum absolute atomic E-state index is 12.5. The summed E-state index contributed by atoms with van der Waals surface area (Å²) < 4.78 is 0. The molecule has 0 spiro atoms. The minimum atomic E-state index is 0.0775. The van der Waals surface area contributed by atoms with Gasteiger partial charge in [-0.3, -0.25) is 4.79 Å². The van der Waals surface area contributed by atoms with Crippen LogP contribution in [-0.2, 0) is 12.8 Å². The van der Waals surface area contributed by atoms with Crippen molar-refractivity contribution < 1.29 is 4.79 Å². The van der Waals surface area contributed by atoms with Gasteiger partial charge in [0.1, 0.15) is 0 Å². The fourth-order valence-corrected chi connectivity index (χ4v) is 3.81. The molecule has 0 bridgehead atoms. The number of hydrogen-bond acceptors (Lipinski definition) is 2. The Morgan fingerprint density at radius 1 is 1.10 bits per heavy atom. The number of carbonyl (C=O) groups excluding carboxylic acids is 1. The number of amides is 1. The fourth-order valence-electron chi connectivity index (χ4n) is 3.81. The summed E-state index contributed by atoms with van der Waals surface area (Å²) in [5.41, 5.74) is 9.46. The van der Waals surface area contributed by atoms with Crippen molar-refractivity contribution in [1.82, 2.24) is 5.32 Å². The standard InChI is InChI=1S/C18H26N2O/c19-12-16-7-3-4-8-17(16)20-18(21)15-10-9-13-5-1-2-6-14(13)11-15/h9-11,16-17H,1-8,12,19H2,(H,20,21). The van der Waals surface area contributed by atoms with Crippen LogP contribution in [0.1, 0.15) is 60.0 Å². The van der Waals surface area contributed by atoms with Gasteiger partial charge in [0.2, 0.25) is 0 Å². The second kappa shape index (κ2) is 6.61. The molecule has 3 nitrogen and oxygen atoms in total. The van der Waals surface area contributed by atoms with Crippen molar-refractivity contribution in [3.05, 3.63) is 34.9 Å². The van der Waals surface area contributed by atoms with Crippen molar-refractivity contribution >= 4 is 5.91 Å². The number of carbonyl (C=O) groups is 1. The Hall–Kier alpha value is -1.35. The first-order chi connectivity index (χ1) is 10.3. The lowest BCUT2D eigenvalue weighted by Crippen LogP contribution is -2.44. The lowest BCUT2D eigenvalue weighted by molar-refractivity contribution is 0.0908. The quantitative estimate of drug-likeness (QED) is 0.897. The first-order valence-corrected chi connectivity index (χ1v) is 8.40. The Morgan fingerprint density at radius 3 is 2.67 bits per heavy atom. The number of aryl methyl sites for hydroxylation is 2. The summed E-state index contributed by atoms with van der Waals surface area (Å²) in [6.07, 6.45) is 9.46. The van der Waals surface area contributed by atoms with Crippen LogP contribution in [0, 0.1) is 5.92 Å². The van der Waals surface area contributed by atoms with Crippen LogP contribution < -0.4 is 11.1 Å². The van der Waals surface area contributed by atoms with Gasteiger partial charge in [-0.25, -0.2) is 0 Å². The van der Waals surface area contributed by atoms with Crippen molar-refractivity contribution in [3.8, 4) is 0 Å². The van der Waals surface area contributed by atoms with Gasteiger partial charge in [-0.05, 0) is 74.2 Å². The number of fused-ring (bicyclic) bond motifs is 1. The maximum atomic E-state index is 12.5. The zero-order valence-electron chi connectivity index (χ0n) is 12.7. The molecule has 3 N–H and O–H groups in total. The predicted octanol–water partition coefficient (Wildman–Crippen LogP) is 2.81. The molecule has 2 unspecified atom stereocenters. The molecule has 1 aromatic carbocycles. The molecule has 3 heteroatoms. The molecule has 21 heavy (non-hydrogen) atoms. The summed E-state index contributed by atoms with van der Waals surface area (Å²) in [7, 11) is 0. The third-order valence-corrected chi connectivity index (χ3v) is 5.14. The molecule has 3 rings (SSSR count). The van der Waals surface area contributed by atoms with Crippen LogP contribution in [0.2, 0.25) is 0 Å². The van der Waals surface area contributed by atoms with E-state index in [1.807, 2.05) is 6.07 Å². The summed E-state index contributed by atoms with van der Waals surface area (Å²) in [6, 6.07) is 6.49. The molecule has 2 aliphatic rings. The number of benzene rings is 1. The average molecular weight is 286 g/mol. The second-order valence-electron chi connectivity index (χ2n) is 6.55. The molecule has 0 saturated heterocycles. The predicted molar refractivity (Wildman–Crippen MR) is 85.4 cm³/mol. The molecule has 0 radical (unpaired) electrons. The molecule has 2 atom stereocenters. The summed E-state index contributed by atoms with van der Waals surface area (Å²) in [5, 5.41) is 3.22. The van der Waals surface area contributed by atoms with Crippen molar-refractivity contribution in [3.63, 3.8) is 0 Å². The first kappa shape index (κ1) is 14.6. The van der Waals surface area contributed by atoms with E-state index in [2.05, 4.69) is 17.4 Å². The van der Waals surface area contributed by atoms with E-state index in [0.717, 1.165) is 31.2 Å². The fraction of sp³-hybridized carbons (Fsp3) is 0.611. The molecule has 114 valence electrons. The molecule has 1 saturated carbocycles. The lowest BCUT2D eigenvalue weighted by Gasteiger charge is -2.31. The van der Waals surface area contributed by atoms with E-state index >= 15 is 0 Å². The number of nitrogens with two attached hydrogens (primary N) is 1. The molecular weight excluding hydrogens is 260 g/mol. The van der Waals surface area contributed by atoms with Crippen LogP contribution in [-0.4, -0.2) is 18.5 Å². The highest BCUT2D eigenvalue weighted by molar-refractivity contribution is 5.94. The Labute approximate surface area is 127 Å². The van der Waals surface area contributed by atoms with Gasteiger partial charge in [0.05, 0.1) is 0 Å². The van der Waals surface area contributed by atoms with Gasteiger partial charge < -0.3 is 11.1 Å². The highest BCUT2D eigenvalue weighted by atomic mass is 16.1. The third-order valence-electron chi connectivity index (χ3n) is 5.14. The van der Waals surface area contributed by atoms with Crippen molar-refractivity contribution in [2.24, 2.45) is 11.7 Å². The second-order valence-corrected chi connectivity index (χ2v) is 6.55. The normalized spacial score (nSPS) is 25.2. The minimum Gasteiger partial charge on any atom is -0.349 e. The molecule has 1 aromatic rings. The van der Waals surface area contributed by atoms with Gasteiger partial charge in [-0.15, -0.1) is 0 Å². The smallest absolute Gasteiger partial charge is 0.251 e. The molecule has 0 aromatic heterocycles. The van der Waals surface area contributed by atoms with Gasteiger partial charge in [0.15, 0.2) is 0 Å². The number of rotatable bonds is 3. The summed E-state index contributed by atoms with van der Waals surface area (Å²) in [4.78, 5) is 12.5. The molecular formula is C18H26N2O. The van der Waals surface area contributed by atoms with Crippen LogP contribution >= 0.6 is 0 Å². The largest absolute Gasteiger partial charge is 0.349 e. The molecule has 0 heterocycles. The minimum absolute atomic E-state index is 0.0775. The lowest BCUT2D eigenvalue weighted by atomic mass is 9.84. The highest BCUT2D eigenvalue weighted by Crippen LogP contribution is 2.25. The Balaban J connectivity index is 1.70. The van der Waals surface area contributed by atoms with Crippen LogP contribution in [0.5, 0.6) is 0 Å². The van der Waals surface area contributed by atoms with Gasteiger partial charge in [-0.1, -0.05) is 18.9 Å². The maximum Gasteiger partial charge on any atom is 0.251 e. The molecule has 2 aliphatic carbocycles. The van der Waals surface area contributed by atoms with Gasteiger partial charge >= 0.3 is 0 Å². The average Bonchev–Trinajstić information content (AvgIpc) is 2.55. The Kier molecular flexibility index (Phi) is 4.59. The molecule has 0 aliphatic heterocycles. The van der Waals surface area contributed by atoms with Crippen LogP contribution in [0.15, 0.2) is 18.2 Å².